The van der Waals surface area contributed by atoms with E-state index in [0.717, 1.165) is 34.4 Å². The number of aryl methyl sites for hydroxylation is 4. The van der Waals surface area contributed by atoms with Gasteiger partial charge in [-0.1, -0.05) is 60.7 Å². The van der Waals surface area contributed by atoms with Crippen molar-refractivity contribution in [2.75, 3.05) is 34.4 Å². The minimum Gasteiger partial charge on any atom is -0.352 e. The highest BCUT2D eigenvalue weighted by molar-refractivity contribution is 7.86. The van der Waals surface area contributed by atoms with E-state index >= 15 is 0 Å². The summed E-state index contributed by atoms with van der Waals surface area (Å²) in [6.07, 6.45) is 0.469. The average Bonchev–Trinajstić information content (AvgIpc) is 0.810. The predicted octanol–water partition coefficient (Wildman–Crippen LogP) is 23.8. The summed E-state index contributed by atoms with van der Waals surface area (Å²) in [5.41, 5.74) is 11.3. The first-order valence-electron chi connectivity index (χ1n) is 38.4. The maximum atomic E-state index is 12.7. The first kappa shape index (κ1) is 88.6. The Labute approximate surface area is 732 Å². The van der Waals surface area contributed by atoms with Crippen molar-refractivity contribution in [3.05, 3.63) is 312 Å². The molecular weight excluding hydrogens is 1720 g/mol. The topological polar surface area (TPSA) is 541 Å². The van der Waals surface area contributed by atoms with Crippen LogP contribution in [0.5, 0.6) is 0 Å². The van der Waals surface area contributed by atoms with E-state index in [-0.39, 0.29) is 82.3 Å². The highest BCUT2D eigenvalue weighted by Crippen LogP contribution is 2.38. The third kappa shape index (κ3) is 25.1. The first-order chi connectivity index (χ1) is 61.4. The zero-order valence-electron chi connectivity index (χ0n) is 67.8. The van der Waals surface area contributed by atoms with Gasteiger partial charge in [0, 0.05) is 37.3 Å². The Kier molecular flexibility index (Phi) is 27.6. The maximum Gasteiger partial charge on any atom is 0.296 e. The lowest BCUT2D eigenvalue weighted by molar-refractivity contribution is 0.481. The van der Waals surface area contributed by atoms with Crippen LogP contribution in [0.3, 0.4) is 0 Å². The Morgan fingerprint density at radius 2 is 0.516 bits per heavy atom. The van der Waals surface area contributed by atoms with Gasteiger partial charge in [-0.05, 0) is 267 Å². The van der Waals surface area contributed by atoms with Gasteiger partial charge in [-0.2, -0.15) is 130 Å². The molecule has 42 heteroatoms. The van der Waals surface area contributed by atoms with E-state index in [1.807, 2.05) is 69.3 Å². The van der Waals surface area contributed by atoms with Gasteiger partial charge in [0.25, 0.3) is 40.5 Å². The lowest BCUT2D eigenvalue weighted by Crippen LogP contribution is -2.19. The zero-order chi connectivity index (χ0) is 90.0. The summed E-state index contributed by atoms with van der Waals surface area (Å²) < 4.78 is 136. The molecule has 0 bridgehead atoms. The van der Waals surface area contributed by atoms with Gasteiger partial charge in [-0.3, -0.25) is 18.2 Å². The molecule has 14 rings (SSSR count). The molecule has 2 heterocycles. The highest BCUT2D eigenvalue weighted by atomic mass is 32.2. The normalized spacial score (nSPS) is 12.3. The SMILES string of the molecule is Cc1cc(Cc2nc(Cc3ccc(N=Nc4ccc(N=Nc5ccccc5)cc4S(=O)(=O)O)c(C)c3)nc(NCCNc3nc(Nc4ccc(N=Nc5ccc(N=Nc6ccc(S(=O)(=O)O)cc6)cc5)c(C)c4)nc(Nc4ccc(N=Nc5ccc(N=Nc6ccccc6)cc5S(=O)(=O)O)c(C)c4)n3)n2)ccc1N=Nc1ccc(N=Nc2ccc(S(=O)(=O)O)cc2)cc1. The minimum absolute atomic E-state index is 0.100. The van der Waals surface area contributed by atoms with Crippen molar-refractivity contribution in [2.45, 2.75) is 60.1 Å². The molecule has 0 unspecified atom stereocenters. The Balaban J connectivity index is 0.703. The quantitative estimate of drug-likeness (QED) is 0.0108. The molecule has 0 saturated carbocycles. The summed E-state index contributed by atoms with van der Waals surface area (Å²) in [6, 6.07) is 71.3. The number of hydrogen-bond donors (Lipinski definition) is 8. The number of benzene rings is 12. The molecule has 38 nitrogen and oxygen atoms in total. The number of nitrogens with zero attached hydrogens (tertiary/aromatic N) is 22. The number of rotatable bonds is 33. The van der Waals surface area contributed by atoms with Gasteiger partial charge in [-0.25, -0.2) is 4.98 Å². The van der Waals surface area contributed by atoms with E-state index in [1.165, 1.54) is 72.8 Å². The van der Waals surface area contributed by atoms with Crippen LogP contribution < -0.4 is 21.3 Å². The molecule has 0 aliphatic carbocycles. The molecule has 0 atom stereocenters. The van der Waals surface area contributed by atoms with Gasteiger partial charge < -0.3 is 21.3 Å². The number of nitrogens with one attached hydrogen (secondary N) is 4. The van der Waals surface area contributed by atoms with E-state index in [2.05, 4.69) is 103 Å². The van der Waals surface area contributed by atoms with Crippen LogP contribution in [0.15, 0.2) is 368 Å². The molecule has 0 spiro atoms. The van der Waals surface area contributed by atoms with Crippen molar-refractivity contribution < 1.29 is 51.9 Å². The molecule has 12 aromatic carbocycles. The van der Waals surface area contributed by atoms with Crippen LogP contribution in [-0.4, -0.2) is 94.9 Å². The molecule has 14 aromatic rings. The molecule has 0 amide bonds. The van der Waals surface area contributed by atoms with Crippen LogP contribution in [-0.2, 0) is 53.3 Å². The smallest absolute Gasteiger partial charge is 0.296 e. The Bertz CT molecular complexity index is 6800. The summed E-state index contributed by atoms with van der Waals surface area (Å²) in [7, 11) is -18.3. The average molecular weight is 1790 g/mol. The fourth-order valence-electron chi connectivity index (χ4n) is 12.0. The minimum atomic E-state index is -4.80. The third-order valence-electron chi connectivity index (χ3n) is 18.3. The fourth-order valence-corrected chi connectivity index (χ4v) is 14.2. The van der Waals surface area contributed by atoms with E-state index in [0.29, 0.717) is 102 Å². The highest BCUT2D eigenvalue weighted by Gasteiger charge is 2.21. The summed E-state index contributed by atoms with van der Waals surface area (Å²) in [4.78, 5) is 27.4. The first-order valence-corrected chi connectivity index (χ1v) is 44.2. The molecular formula is C86H72N26O12S4. The van der Waals surface area contributed by atoms with Crippen LogP contribution in [0.25, 0.3) is 0 Å². The Hall–Kier alpha value is -15.7. The second kappa shape index (κ2) is 39.9. The number of azo groups is 8. The van der Waals surface area contributed by atoms with E-state index < -0.39 is 50.3 Å². The fraction of sp³-hybridized carbons (Fsp3) is 0.0930. The van der Waals surface area contributed by atoms with Crippen LogP contribution >= 0.6 is 0 Å². The zero-order valence-corrected chi connectivity index (χ0v) is 71.0. The van der Waals surface area contributed by atoms with Crippen molar-refractivity contribution in [3.63, 3.8) is 0 Å². The summed E-state index contributed by atoms with van der Waals surface area (Å²) >= 11 is 0. The van der Waals surface area contributed by atoms with Crippen molar-refractivity contribution in [2.24, 2.45) is 81.8 Å². The van der Waals surface area contributed by atoms with Gasteiger partial charge in [0.1, 0.15) is 32.8 Å². The second-order valence-corrected chi connectivity index (χ2v) is 33.6. The molecule has 642 valence electrons. The van der Waals surface area contributed by atoms with Crippen LogP contribution in [0.4, 0.5) is 126 Å². The summed E-state index contributed by atoms with van der Waals surface area (Å²) in [5.74, 6) is 1.40. The predicted molar refractivity (Wildman–Crippen MR) is 478 cm³/mol. The summed E-state index contributed by atoms with van der Waals surface area (Å²) in [5, 5.41) is 81.5. The lowest BCUT2D eigenvalue weighted by atomic mass is 10.1. The van der Waals surface area contributed by atoms with Crippen molar-refractivity contribution in [3.8, 4) is 0 Å². The van der Waals surface area contributed by atoms with Crippen LogP contribution in [0.2, 0.25) is 0 Å². The lowest BCUT2D eigenvalue weighted by Gasteiger charge is -2.13. The third-order valence-corrected chi connectivity index (χ3v) is 21.8. The van der Waals surface area contributed by atoms with E-state index in [1.54, 1.807) is 140 Å². The molecule has 2 aromatic heterocycles. The Morgan fingerprint density at radius 1 is 0.250 bits per heavy atom. The monoisotopic (exact) mass is 1790 g/mol. The second-order valence-electron chi connectivity index (χ2n) is 28.0. The maximum absolute atomic E-state index is 12.7. The standard InChI is InChI=1S/C86H72N26O12S4/c1-53-45-57(15-37-73(53)107-103-63-21-17-61(18-22-63)99-101-65-25-33-71(34-26-65)125(113,114)115)49-81-91-82(50-58-16-38-74(54(2)46-58)109-111-77-41-31-69(51-79(77)127(119,120)121)105-97-59-11-7-5-8-12-59)93-83(92-81)87-43-44-88-84-94-85(89-67-29-39-75(55(3)47-67)108-104-64-23-19-62(20-24-64)100-102-66-27-35-72(36-28-66)126(116,117)118)96-86(95-84)90-68-30-40-76(56(4)48-68)110-112-78-42-32-70(52-80(78)128(122,123)124)106-98-60-13-9-6-10-14-60/h5-42,45-48,51-52H,43-44,49-50H2,1-4H3,(H,113,114,115)(H,116,117,118)(H,119,120,121)(H,122,123,124)(H,87,91,92,93)(H3,88,89,90,94,95,96). The van der Waals surface area contributed by atoms with Gasteiger partial charge in [0.05, 0.1) is 89.4 Å². The molecule has 0 radical (unpaired) electrons. The number of aromatic nitrogens is 6. The molecule has 0 aliphatic heterocycles. The number of anilines is 6. The molecule has 128 heavy (non-hydrogen) atoms. The van der Waals surface area contributed by atoms with Crippen molar-refractivity contribution in [1.82, 2.24) is 29.9 Å². The largest absolute Gasteiger partial charge is 0.352 e. The van der Waals surface area contributed by atoms with Gasteiger partial charge in [0.2, 0.25) is 23.8 Å². The molecule has 0 fully saturated rings. The van der Waals surface area contributed by atoms with E-state index in [4.69, 9.17) is 29.9 Å². The van der Waals surface area contributed by atoms with Crippen molar-refractivity contribution >= 4 is 167 Å². The van der Waals surface area contributed by atoms with E-state index in [9.17, 15) is 51.9 Å². The number of hydrogen-bond acceptors (Lipinski definition) is 34. The van der Waals surface area contributed by atoms with Crippen LogP contribution in [0, 0.1) is 27.7 Å². The van der Waals surface area contributed by atoms with Gasteiger partial charge in [-0.15, -0.1) is 10.2 Å². The van der Waals surface area contributed by atoms with Gasteiger partial charge in [0.15, 0.2) is 0 Å². The molecule has 0 saturated heterocycles. The molecule has 0 aliphatic rings. The van der Waals surface area contributed by atoms with Crippen LogP contribution in [0.1, 0.15) is 45.0 Å². The summed E-state index contributed by atoms with van der Waals surface area (Å²) in [6.45, 7) is 7.72. The molecule has 8 N–H and O–H groups in total. The van der Waals surface area contributed by atoms with Gasteiger partial charge >= 0.3 is 0 Å². The van der Waals surface area contributed by atoms with Crippen molar-refractivity contribution in [1.29, 1.82) is 0 Å². The Morgan fingerprint density at radius 3 is 0.844 bits per heavy atom.